The van der Waals surface area contributed by atoms with E-state index in [-0.39, 0.29) is 29.5 Å². The highest BCUT2D eigenvalue weighted by molar-refractivity contribution is 14.0. The van der Waals surface area contributed by atoms with Crippen LogP contribution in [0, 0.1) is 5.41 Å². The summed E-state index contributed by atoms with van der Waals surface area (Å²) < 4.78 is 10.4. The zero-order valence-corrected chi connectivity index (χ0v) is 17.4. The summed E-state index contributed by atoms with van der Waals surface area (Å²) in [5.41, 5.74) is 0.484. The van der Waals surface area contributed by atoms with Crippen LogP contribution in [-0.4, -0.2) is 63.5 Å². The molecule has 22 heavy (non-hydrogen) atoms. The van der Waals surface area contributed by atoms with Crippen molar-refractivity contribution in [2.75, 3.05) is 47.1 Å². The molecule has 0 spiro atoms. The van der Waals surface area contributed by atoms with Crippen LogP contribution in [-0.2, 0) is 9.47 Å². The number of likely N-dealkylation sites (tertiary alicyclic amines) is 1. The van der Waals surface area contributed by atoms with Crippen LogP contribution < -0.4 is 5.32 Å². The van der Waals surface area contributed by atoms with Crippen molar-refractivity contribution < 1.29 is 9.47 Å². The quantitative estimate of drug-likeness (QED) is 0.280. The highest BCUT2D eigenvalue weighted by Gasteiger charge is 2.53. The molecule has 0 aromatic carbocycles. The van der Waals surface area contributed by atoms with Gasteiger partial charge in [0.15, 0.2) is 5.96 Å². The highest BCUT2D eigenvalue weighted by atomic mass is 127. The molecule has 6 heteroatoms. The maximum Gasteiger partial charge on any atom is 0.194 e. The van der Waals surface area contributed by atoms with Crippen molar-refractivity contribution in [1.82, 2.24) is 10.2 Å². The third kappa shape index (κ3) is 5.53. The monoisotopic (exact) mass is 427 g/mol. The van der Waals surface area contributed by atoms with Crippen LogP contribution in [0.2, 0.25) is 0 Å². The SMILES string of the molecule is CN=C(NCCCCOCCOC)N1CC(C)(C)C1(C)C.I. The largest absolute Gasteiger partial charge is 0.382 e. The van der Waals surface area contributed by atoms with Crippen molar-refractivity contribution in [2.45, 2.75) is 46.1 Å². The molecule has 0 amide bonds. The van der Waals surface area contributed by atoms with Gasteiger partial charge in [-0.2, -0.15) is 0 Å². The number of aliphatic imine (C=N–C) groups is 1. The fourth-order valence-electron chi connectivity index (χ4n) is 2.47. The smallest absolute Gasteiger partial charge is 0.194 e. The minimum Gasteiger partial charge on any atom is -0.382 e. The second-order valence-corrected chi connectivity index (χ2v) is 6.82. The van der Waals surface area contributed by atoms with Gasteiger partial charge in [-0.25, -0.2) is 0 Å². The molecule has 0 aliphatic carbocycles. The number of nitrogens with one attached hydrogen (secondary N) is 1. The molecule has 1 saturated heterocycles. The Labute approximate surface area is 153 Å². The Morgan fingerprint density at radius 1 is 1.14 bits per heavy atom. The zero-order chi connectivity index (χ0) is 15.9. The molecule has 5 nitrogen and oxygen atoms in total. The van der Waals surface area contributed by atoms with E-state index in [4.69, 9.17) is 9.47 Å². The van der Waals surface area contributed by atoms with E-state index in [0.29, 0.717) is 18.6 Å². The summed E-state index contributed by atoms with van der Waals surface area (Å²) in [5, 5.41) is 3.46. The maximum absolute atomic E-state index is 5.45. The van der Waals surface area contributed by atoms with E-state index >= 15 is 0 Å². The minimum atomic E-state index is 0. The molecule has 0 aromatic rings. The van der Waals surface area contributed by atoms with Gasteiger partial charge in [0.2, 0.25) is 0 Å². The number of guanidine groups is 1. The van der Waals surface area contributed by atoms with Crippen LogP contribution in [0.1, 0.15) is 40.5 Å². The molecular weight excluding hydrogens is 393 g/mol. The average molecular weight is 427 g/mol. The number of rotatable bonds is 8. The lowest BCUT2D eigenvalue weighted by Gasteiger charge is -2.62. The van der Waals surface area contributed by atoms with Gasteiger partial charge in [0.1, 0.15) is 0 Å². The summed E-state index contributed by atoms with van der Waals surface area (Å²) in [6.07, 6.45) is 2.15. The molecule has 1 aliphatic heterocycles. The Hall–Kier alpha value is -0.0800. The van der Waals surface area contributed by atoms with Crippen LogP contribution in [0.5, 0.6) is 0 Å². The first-order valence-electron chi connectivity index (χ1n) is 7.92. The third-order valence-corrected chi connectivity index (χ3v) is 4.78. The van der Waals surface area contributed by atoms with Gasteiger partial charge in [-0.1, -0.05) is 13.8 Å². The van der Waals surface area contributed by atoms with Gasteiger partial charge in [0.05, 0.1) is 13.2 Å². The lowest BCUT2D eigenvalue weighted by Crippen LogP contribution is -2.72. The summed E-state index contributed by atoms with van der Waals surface area (Å²) in [4.78, 5) is 6.78. The van der Waals surface area contributed by atoms with E-state index in [2.05, 4.69) is 42.9 Å². The molecule has 1 aliphatic rings. The van der Waals surface area contributed by atoms with Crippen LogP contribution in [0.4, 0.5) is 0 Å². The first kappa shape index (κ1) is 21.9. The first-order chi connectivity index (χ1) is 9.86. The van der Waals surface area contributed by atoms with E-state index in [0.717, 1.165) is 38.5 Å². The topological polar surface area (TPSA) is 46.1 Å². The van der Waals surface area contributed by atoms with E-state index in [1.807, 2.05) is 7.05 Å². The van der Waals surface area contributed by atoms with Gasteiger partial charge < -0.3 is 19.7 Å². The van der Waals surface area contributed by atoms with E-state index in [9.17, 15) is 0 Å². The molecule has 0 aromatic heterocycles. The van der Waals surface area contributed by atoms with Crippen molar-refractivity contribution in [1.29, 1.82) is 0 Å². The second kappa shape index (κ2) is 9.93. The summed E-state index contributed by atoms with van der Waals surface area (Å²) >= 11 is 0. The van der Waals surface area contributed by atoms with E-state index in [1.165, 1.54) is 0 Å². The van der Waals surface area contributed by atoms with Crippen LogP contribution in [0.25, 0.3) is 0 Å². The average Bonchev–Trinajstić information content (AvgIpc) is 2.44. The third-order valence-electron chi connectivity index (χ3n) is 4.78. The van der Waals surface area contributed by atoms with Crippen molar-refractivity contribution >= 4 is 29.9 Å². The minimum absolute atomic E-state index is 0. The van der Waals surface area contributed by atoms with Crippen molar-refractivity contribution in [3.8, 4) is 0 Å². The molecule has 1 rings (SSSR count). The molecule has 1 N–H and O–H groups in total. The lowest BCUT2D eigenvalue weighted by atomic mass is 9.65. The summed E-state index contributed by atoms with van der Waals surface area (Å²) in [6, 6.07) is 0. The van der Waals surface area contributed by atoms with Gasteiger partial charge in [-0.15, -0.1) is 24.0 Å². The zero-order valence-electron chi connectivity index (χ0n) is 15.1. The first-order valence-corrected chi connectivity index (χ1v) is 7.92. The summed E-state index contributed by atoms with van der Waals surface area (Å²) in [7, 11) is 3.55. The molecule has 0 saturated carbocycles. The molecule has 0 radical (unpaired) electrons. The van der Waals surface area contributed by atoms with E-state index < -0.39 is 0 Å². The molecule has 132 valence electrons. The fraction of sp³-hybridized carbons (Fsp3) is 0.938. The Morgan fingerprint density at radius 2 is 1.82 bits per heavy atom. The normalized spacial score (nSPS) is 19.4. The fourth-order valence-corrected chi connectivity index (χ4v) is 2.47. The molecule has 0 unspecified atom stereocenters. The number of nitrogens with zero attached hydrogens (tertiary/aromatic N) is 2. The Kier molecular flexibility index (Phi) is 9.89. The molecule has 0 atom stereocenters. The predicted octanol–water partition coefficient (Wildman–Crippen LogP) is 2.74. The molecule has 1 heterocycles. The van der Waals surface area contributed by atoms with Crippen LogP contribution in [0.3, 0.4) is 0 Å². The number of hydrogen-bond acceptors (Lipinski definition) is 3. The maximum atomic E-state index is 5.45. The molecular formula is C16H34IN3O2. The number of unbranched alkanes of at least 4 members (excludes halogenated alkanes) is 1. The van der Waals surface area contributed by atoms with Crippen molar-refractivity contribution in [3.63, 3.8) is 0 Å². The highest BCUT2D eigenvalue weighted by Crippen LogP contribution is 2.46. The van der Waals surface area contributed by atoms with Gasteiger partial charge in [0.25, 0.3) is 0 Å². The van der Waals surface area contributed by atoms with Crippen molar-refractivity contribution in [3.05, 3.63) is 0 Å². The Bertz CT molecular complexity index is 346. The van der Waals surface area contributed by atoms with E-state index in [1.54, 1.807) is 7.11 Å². The molecule has 1 fully saturated rings. The number of hydrogen-bond donors (Lipinski definition) is 1. The Morgan fingerprint density at radius 3 is 2.32 bits per heavy atom. The molecule has 0 bridgehead atoms. The van der Waals surface area contributed by atoms with Gasteiger partial charge in [0, 0.05) is 44.8 Å². The predicted molar refractivity (Wildman–Crippen MR) is 103 cm³/mol. The Balaban J connectivity index is 0.00000441. The van der Waals surface area contributed by atoms with Crippen LogP contribution in [0.15, 0.2) is 4.99 Å². The number of halogens is 1. The summed E-state index contributed by atoms with van der Waals surface area (Å²) in [6.45, 7) is 13.3. The van der Waals surface area contributed by atoms with Gasteiger partial charge in [-0.05, 0) is 26.7 Å². The van der Waals surface area contributed by atoms with Crippen LogP contribution >= 0.6 is 24.0 Å². The van der Waals surface area contributed by atoms with Crippen molar-refractivity contribution in [2.24, 2.45) is 10.4 Å². The number of methoxy groups -OCH3 is 1. The van der Waals surface area contributed by atoms with Gasteiger partial charge in [-0.3, -0.25) is 4.99 Å². The number of ether oxygens (including phenoxy) is 2. The second-order valence-electron chi connectivity index (χ2n) is 6.82. The standard InChI is InChI=1S/C16H33N3O2.HI/c1-15(2)13-19(16(15,3)4)14(17-5)18-9-7-8-10-21-12-11-20-6;/h7-13H2,1-6H3,(H,17,18);1H. The summed E-state index contributed by atoms with van der Waals surface area (Å²) in [5.74, 6) is 1.01. The van der Waals surface area contributed by atoms with Gasteiger partial charge >= 0.3 is 0 Å². The lowest BCUT2D eigenvalue weighted by molar-refractivity contribution is -0.0667.